The second kappa shape index (κ2) is 9.37. The monoisotopic (exact) mass is 491 g/mol. The molecule has 0 bridgehead atoms. The van der Waals surface area contributed by atoms with Gasteiger partial charge in [-0.05, 0) is 47.5 Å². The largest absolute Gasteiger partial charge is 0.353 e. The zero-order chi connectivity index (χ0) is 25.3. The number of nitrogens with one attached hydrogen (secondary N) is 1. The SMILES string of the molecule is O=C(CN1C(=O)NC(c2ccc(F)cc2)(c2ccc(F)cc2)C1=O)N1CCN(c2ccccn2)CC1. The number of benzene rings is 2. The number of aromatic nitrogens is 1. The first kappa shape index (κ1) is 23.4. The number of urea groups is 1. The van der Waals surface area contributed by atoms with E-state index in [2.05, 4.69) is 15.2 Å². The summed E-state index contributed by atoms with van der Waals surface area (Å²) in [6.45, 7) is 1.52. The van der Waals surface area contributed by atoms with Crippen molar-refractivity contribution in [3.8, 4) is 0 Å². The van der Waals surface area contributed by atoms with Crippen LogP contribution in [0.3, 0.4) is 0 Å². The number of anilines is 1. The van der Waals surface area contributed by atoms with Crippen molar-refractivity contribution in [2.75, 3.05) is 37.6 Å². The number of carbonyl (C=O) groups excluding carboxylic acids is 3. The molecule has 0 unspecified atom stereocenters. The summed E-state index contributed by atoms with van der Waals surface area (Å²) < 4.78 is 27.3. The number of rotatable bonds is 5. The summed E-state index contributed by atoms with van der Waals surface area (Å²) in [6.07, 6.45) is 1.71. The van der Waals surface area contributed by atoms with Crippen molar-refractivity contribution in [2.24, 2.45) is 0 Å². The van der Waals surface area contributed by atoms with Gasteiger partial charge in [0.05, 0.1) is 0 Å². The number of pyridine rings is 1. The number of hydrogen-bond donors (Lipinski definition) is 1. The Kier molecular flexibility index (Phi) is 6.09. The lowest BCUT2D eigenvalue weighted by Gasteiger charge is -2.36. The van der Waals surface area contributed by atoms with Gasteiger partial charge in [0, 0.05) is 32.4 Å². The van der Waals surface area contributed by atoms with Crippen LogP contribution in [-0.4, -0.2) is 65.4 Å². The first-order chi connectivity index (χ1) is 17.4. The van der Waals surface area contributed by atoms with Crippen molar-refractivity contribution < 1.29 is 23.2 Å². The van der Waals surface area contributed by atoms with Crippen molar-refractivity contribution in [3.05, 3.63) is 95.7 Å². The predicted molar refractivity (Wildman–Crippen MR) is 127 cm³/mol. The van der Waals surface area contributed by atoms with Crippen LogP contribution in [0.1, 0.15) is 11.1 Å². The highest BCUT2D eigenvalue weighted by Gasteiger charge is 2.54. The minimum Gasteiger partial charge on any atom is -0.353 e. The molecule has 2 saturated heterocycles. The average Bonchev–Trinajstić information content (AvgIpc) is 3.15. The summed E-state index contributed by atoms with van der Waals surface area (Å²) in [5.74, 6) is -1.26. The first-order valence-electron chi connectivity index (χ1n) is 11.5. The van der Waals surface area contributed by atoms with E-state index >= 15 is 0 Å². The molecule has 0 spiro atoms. The smallest absolute Gasteiger partial charge is 0.326 e. The topological polar surface area (TPSA) is 85.8 Å². The zero-order valence-corrected chi connectivity index (χ0v) is 19.2. The lowest BCUT2D eigenvalue weighted by atomic mass is 9.82. The molecule has 2 fully saturated rings. The molecule has 36 heavy (non-hydrogen) atoms. The minimum atomic E-state index is -1.71. The third-order valence-electron chi connectivity index (χ3n) is 6.56. The van der Waals surface area contributed by atoms with Gasteiger partial charge in [-0.15, -0.1) is 0 Å². The van der Waals surface area contributed by atoms with E-state index in [4.69, 9.17) is 0 Å². The van der Waals surface area contributed by atoms with Gasteiger partial charge in [0.1, 0.15) is 24.0 Å². The number of nitrogens with zero attached hydrogens (tertiary/aromatic N) is 4. The van der Waals surface area contributed by atoms with E-state index < -0.39 is 35.7 Å². The third kappa shape index (κ3) is 4.15. The van der Waals surface area contributed by atoms with Crippen LogP contribution in [0.2, 0.25) is 0 Å². The van der Waals surface area contributed by atoms with Crippen LogP contribution in [0.25, 0.3) is 0 Å². The predicted octanol–water partition coefficient (Wildman–Crippen LogP) is 2.50. The van der Waals surface area contributed by atoms with E-state index in [9.17, 15) is 23.2 Å². The van der Waals surface area contributed by atoms with Crippen molar-refractivity contribution in [3.63, 3.8) is 0 Å². The average molecular weight is 491 g/mol. The summed E-state index contributed by atoms with van der Waals surface area (Å²) in [6, 6.07) is 15.1. The molecule has 0 radical (unpaired) electrons. The molecule has 4 amide bonds. The van der Waals surface area contributed by atoms with E-state index in [0.29, 0.717) is 37.3 Å². The van der Waals surface area contributed by atoms with Crippen molar-refractivity contribution in [2.45, 2.75) is 5.54 Å². The van der Waals surface area contributed by atoms with Gasteiger partial charge >= 0.3 is 6.03 Å². The fraction of sp³-hybridized carbons (Fsp3) is 0.231. The molecule has 2 aliphatic heterocycles. The lowest BCUT2D eigenvalue weighted by molar-refractivity contribution is -0.138. The van der Waals surface area contributed by atoms with E-state index in [1.54, 1.807) is 11.1 Å². The van der Waals surface area contributed by atoms with E-state index in [1.165, 1.54) is 48.5 Å². The molecule has 1 aromatic heterocycles. The molecular weight excluding hydrogens is 468 g/mol. The van der Waals surface area contributed by atoms with Crippen LogP contribution < -0.4 is 10.2 Å². The van der Waals surface area contributed by atoms with E-state index in [-0.39, 0.29) is 5.91 Å². The van der Waals surface area contributed by atoms with Gasteiger partial charge in [0.25, 0.3) is 5.91 Å². The molecule has 8 nitrogen and oxygen atoms in total. The lowest BCUT2D eigenvalue weighted by Crippen LogP contribution is -2.52. The Labute approximate surface area is 206 Å². The minimum absolute atomic E-state index is 0.299. The van der Waals surface area contributed by atoms with Crippen LogP contribution in [-0.2, 0) is 15.1 Å². The molecule has 2 aliphatic rings. The number of carbonyl (C=O) groups is 3. The first-order valence-corrected chi connectivity index (χ1v) is 11.5. The maximum Gasteiger partial charge on any atom is 0.326 e. The van der Waals surface area contributed by atoms with Gasteiger partial charge in [-0.3, -0.25) is 14.5 Å². The summed E-state index contributed by atoms with van der Waals surface area (Å²) in [7, 11) is 0. The summed E-state index contributed by atoms with van der Waals surface area (Å²) in [5.41, 5.74) is -1.11. The normalized spacial score (nSPS) is 17.3. The van der Waals surface area contributed by atoms with Crippen LogP contribution >= 0.6 is 0 Å². The molecular formula is C26H23F2N5O3. The number of amides is 4. The fourth-order valence-electron chi connectivity index (χ4n) is 4.64. The Bertz CT molecular complexity index is 1230. The van der Waals surface area contributed by atoms with Gasteiger partial charge in [0.2, 0.25) is 5.91 Å². The Morgan fingerprint density at radius 1 is 0.861 bits per heavy atom. The van der Waals surface area contributed by atoms with Gasteiger partial charge < -0.3 is 15.1 Å². The zero-order valence-electron chi connectivity index (χ0n) is 19.2. The highest BCUT2D eigenvalue weighted by Crippen LogP contribution is 2.36. The van der Waals surface area contributed by atoms with Crippen molar-refractivity contribution in [1.82, 2.24) is 20.1 Å². The molecule has 0 saturated carbocycles. The Morgan fingerprint density at radius 2 is 1.44 bits per heavy atom. The number of halogens is 2. The highest BCUT2D eigenvalue weighted by molar-refractivity contribution is 6.11. The molecule has 1 N–H and O–H groups in total. The quantitative estimate of drug-likeness (QED) is 0.555. The maximum atomic E-state index is 13.7. The van der Waals surface area contributed by atoms with Crippen molar-refractivity contribution >= 4 is 23.7 Å². The van der Waals surface area contributed by atoms with Crippen LogP contribution in [0, 0.1) is 11.6 Å². The molecule has 10 heteroatoms. The molecule has 2 aromatic carbocycles. The number of piperazine rings is 1. The molecule has 184 valence electrons. The van der Waals surface area contributed by atoms with Gasteiger partial charge in [-0.25, -0.2) is 18.6 Å². The third-order valence-corrected chi connectivity index (χ3v) is 6.56. The van der Waals surface area contributed by atoms with Gasteiger partial charge in [-0.2, -0.15) is 0 Å². The Balaban J connectivity index is 1.36. The second-order valence-corrected chi connectivity index (χ2v) is 8.64. The number of hydrogen-bond acceptors (Lipinski definition) is 5. The fourth-order valence-corrected chi connectivity index (χ4v) is 4.64. The standard InChI is InChI=1S/C26H23F2N5O3/c27-20-8-4-18(5-9-20)26(19-6-10-21(28)11-7-19)24(35)33(25(36)30-26)17-23(34)32-15-13-31(14-16-32)22-3-1-2-12-29-22/h1-12H,13-17H2,(H,30,36). The Hall–Kier alpha value is -4.34. The van der Waals surface area contributed by atoms with Crippen LogP contribution in [0.4, 0.5) is 19.4 Å². The molecule has 3 aromatic rings. The summed E-state index contributed by atoms with van der Waals surface area (Å²) in [5, 5.41) is 2.68. The summed E-state index contributed by atoms with van der Waals surface area (Å²) >= 11 is 0. The molecule has 0 aliphatic carbocycles. The molecule has 0 atom stereocenters. The summed E-state index contributed by atoms with van der Waals surface area (Å²) in [4.78, 5) is 48.7. The number of imide groups is 1. The van der Waals surface area contributed by atoms with Crippen LogP contribution in [0.5, 0.6) is 0 Å². The van der Waals surface area contributed by atoms with Crippen molar-refractivity contribution in [1.29, 1.82) is 0 Å². The van der Waals surface area contributed by atoms with E-state index in [0.717, 1.165) is 10.7 Å². The molecule has 3 heterocycles. The second-order valence-electron chi connectivity index (χ2n) is 8.64. The molecule has 5 rings (SSSR count). The van der Waals surface area contributed by atoms with E-state index in [1.807, 2.05) is 18.2 Å². The van der Waals surface area contributed by atoms with Gasteiger partial charge in [-0.1, -0.05) is 30.3 Å². The van der Waals surface area contributed by atoms with Gasteiger partial charge in [0.15, 0.2) is 5.54 Å². The Morgan fingerprint density at radius 3 is 1.97 bits per heavy atom. The highest BCUT2D eigenvalue weighted by atomic mass is 19.1. The maximum absolute atomic E-state index is 13.7. The van der Waals surface area contributed by atoms with Crippen LogP contribution in [0.15, 0.2) is 72.9 Å².